The molecule has 0 spiro atoms. The molecule has 30 heavy (non-hydrogen) atoms. The molecule has 0 saturated heterocycles. The van der Waals surface area contributed by atoms with Gasteiger partial charge in [-0.3, -0.25) is 4.68 Å². The number of hydrogen-bond acceptors (Lipinski definition) is 6. The Balaban J connectivity index is 1.52. The van der Waals surface area contributed by atoms with Gasteiger partial charge in [0.1, 0.15) is 5.60 Å². The summed E-state index contributed by atoms with van der Waals surface area (Å²) in [6.45, 7) is 10.8. The Bertz CT molecular complexity index is 1100. The van der Waals surface area contributed by atoms with Crippen molar-refractivity contribution in [2.75, 3.05) is 13.1 Å². The Kier molecular flexibility index (Phi) is 5.09. The number of aromatic nitrogens is 4. The first-order chi connectivity index (χ1) is 14.2. The average Bonchev–Trinajstić information content (AvgIpc) is 3.33. The molecule has 0 aliphatic carbocycles. The number of ether oxygens (including phenoxy) is 1. The van der Waals surface area contributed by atoms with Crippen molar-refractivity contribution in [1.82, 2.24) is 24.8 Å². The molecule has 2 aromatic heterocycles. The predicted octanol–water partition coefficient (Wildman–Crippen LogP) is 4.69. The molecule has 8 nitrogen and oxygen atoms in total. The van der Waals surface area contributed by atoms with Crippen LogP contribution in [0, 0.1) is 0 Å². The molecule has 1 aromatic carbocycles. The summed E-state index contributed by atoms with van der Waals surface area (Å²) >= 11 is 0. The van der Waals surface area contributed by atoms with Crippen LogP contribution in [0.5, 0.6) is 0 Å². The maximum atomic E-state index is 12.2. The third-order valence-corrected chi connectivity index (χ3v) is 4.91. The molecule has 0 unspecified atom stereocenters. The SMILES string of the molecule is CC(C)n1ncc2ccc(-c3nc(C4=CCN(C(=O)OC(C)(C)C)CC4)no3)cc21. The number of fused-ring (bicyclic) bond motifs is 1. The molecule has 0 saturated carbocycles. The Morgan fingerprint density at radius 3 is 2.73 bits per heavy atom. The average molecular weight is 409 g/mol. The van der Waals surface area contributed by atoms with Crippen LogP contribution in [0.4, 0.5) is 4.79 Å². The summed E-state index contributed by atoms with van der Waals surface area (Å²) in [5.74, 6) is 1.03. The molecule has 1 amide bonds. The predicted molar refractivity (Wildman–Crippen MR) is 114 cm³/mol. The molecule has 1 aliphatic heterocycles. The molecular weight excluding hydrogens is 382 g/mol. The van der Waals surface area contributed by atoms with E-state index in [1.807, 2.05) is 55.9 Å². The smallest absolute Gasteiger partial charge is 0.410 e. The summed E-state index contributed by atoms with van der Waals surface area (Å²) in [5.41, 5.74) is 2.36. The van der Waals surface area contributed by atoms with Crippen LogP contribution < -0.4 is 0 Å². The highest BCUT2D eigenvalue weighted by Gasteiger charge is 2.25. The Morgan fingerprint density at radius 2 is 2.07 bits per heavy atom. The first kappa shape index (κ1) is 20.1. The molecule has 4 rings (SSSR count). The van der Waals surface area contributed by atoms with Crippen molar-refractivity contribution in [3.8, 4) is 11.5 Å². The largest absolute Gasteiger partial charge is 0.444 e. The van der Waals surface area contributed by atoms with Crippen molar-refractivity contribution < 1.29 is 14.1 Å². The fraction of sp³-hybridized carbons (Fsp3) is 0.455. The van der Waals surface area contributed by atoms with Crippen molar-refractivity contribution in [3.05, 3.63) is 36.3 Å². The zero-order valence-electron chi connectivity index (χ0n) is 18.0. The maximum Gasteiger partial charge on any atom is 0.410 e. The van der Waals surface area contributed by atoms with Crippen molar-refractivity contribution in [2.24, 2.45) is 0 Å². The van der Waals surface area contributed by atoms with E-state index in [-0.39, 0.29) is 12.1 Å². The van der Waals surface area contributed by atoms with Gasteiger partial charge in [-0.2, -0.15) is 10.1 Å². The fourth-order valence-electron chi connectivity index (χ4n) is 3.42. The molecule has 0 N–H and O–H groups in total. The zero-order chi connectivity index (χ0) is 21.5. The normalized spacial score (nSPS) is 15.0. The van der Waals surface area contributed by atoms with Gasteiger partial charge in [0, 0.05) is 30.1 Å². The van der Waals surface area contributed by atoms with Crippen LogP contribution in [-0.4, -0.2) is 49.6 Å². The lowest BCUT2D eigenvalue weighted by Gasteiger charge is -2.29. The molecule has 1 aliphatic rings. The lowest BCUT2D eigenvalue weighted by atomic mass is 10.1. The minimum atomic E-state index is -0.504. The van der Waals surface area contributed by atoms with Gasteiger partial charge in [-0.15, -0.1) is 0 Å². The van der Waals surface area contributed by atoms with E-state index < -0.39 is 5.60 Å². The summed E-state index contributed by atoms with van der Waals surface area (Å²) in [5, 5.41) is 9.68. The van der Waals surface area contributed by atoms with E-state index in [1.54, 1.807) is 4.90 Å². The van der Waals surface area contributed by atoms with Crippen molar-refractivity contribution in [3.63, 3.8) is 0 Å². The van der Waals surface area contributed by atoms with Crippen LogP contribution in [0.15, 0.2) is 35.0 Å². The van der Waals surface area contributed by atoms with E-state index in [0.717, 1.165) is 22.0 Å². The van der Waals surface area contributed by atoms with Crippen LogP contribution >= 0.6 is 0 Å². The number of amides is 1. The number of carbonyl (C=O) groups excluding carboxylic acids is 1. The van der Waals surface area contributed by atoms with Crippen molar-refractivity contribution in [2.45, 2.75) is 52.7 Å². The van der Waals surface area contributed by atoms with Gasteiger partial charge in [0.05, 0.1) is 11.7 Å². The standard InChI is InChI=1S/C22H27N5O3/c1-14(2)27-18-12-16(6-7-17(18)13-23-27)20-24-19(25-30-20)15-8-10-26(11-9-15)21(28)29-22(3,4)5/h6-8,12-14H,9-11H2,1-5H3. The Hall–Kier alpha value is -3.16. The van der Waals surface area contributed by atoms with E-state index in [9.17, 15) is 4.79 Å². The first-order valence-electron chi connectivity index (χ1n) is 10.2. The van der Waals surface area contributed by atoms with Crippen LogP contribution in [0.1, 0.15) is 52.9 Å². The van der Waals surface area contributed by atoms with Crippen LogP contribution in [0.3, 0.4) is 0 Å². The summed E-state index contributed by atoms with van der Waals surface area (Å²) < 4.78 is 12.9. The van der Waals surface area contributed by atoms with Crippen LogP contribution in [0.25, 0.3) is 27.9 Å². The quantitative estimate of drug-likeness (QED) is 0.624. The van der Waals surface area contributed by atoms with E-state index in [2.05, 4.69) is 29.1 Å². The summed E-state index contributed by atoms with van der Waals surface area (Å²) in [6, 6.07) is 6.26. The van der Waals surface area contributed by atoms with Gasteiger partial charge in [0.25, 0.3) is 5.89 Å². The lowest BCUT2D eigenvalue weighted by molar-refractivity contribution is 0.0270. The Morgan fingerprint density at radius 1 is 1.27 bits per heavy atom. The monoisotopic (exact) mass is 409 g/mol. The van der Waals surface area contributed by atoms with E-state index >= 15 is 0 Å². The van der Waals surface area contributed by atoms with Gasteiger partial charge in [0.15, 0.2) is 5.82 Å². The minimum absolute atomic E-state index is 0.260. The number of carbonyl (C=O) groups is 1. The topological polar surface area (TPSA) is 86.3 Å². The molecule has 0 radical (unpaired) electrons. The van der Waals surface area contributed by atoms with E-state index in [1.165, 1.54) is 0 Å². The van der Waals surface area contributed by atoms with Gasteiger partial charge < -0.3 is 14.2 Å². The van der Waals surface area contributed by atoms with Crippen LogP contribution in [0.2, 0.25) is 0 Å². The van der Waals surface area contributed by atoms with Crippen molar-refractivity contribution >= 4 is 22.6 Å². The second kappa shape index (κ2) is 7.59. The third kappa shape index (κ3) is 4.08. The second-order valence-electron chi connectivity index (χ2n) is 8.79. The van der Waals surface area contributed by atoms with Gasteiger partial charge in [-0.1, -0.05) is 17.3 Å². The third-order valence-electron chi connectivity index (χ3n) is 4.91. The first-order valence-corrected chi connectivity index (χ1v) is 10.2. The zero-order valence-corrected chi connectivity index (χ0v) is 18.0. The highest BCUT2D eigenvalue weighted by atomic mass is 16.6. The Labute approximate surface area is 175 Å². The number of nitrogens with zero attached hydrogens (tertiary/aromatic N) is 5. The van der Waals surface area contributed by atoms with E-state index in [0.29, 0.717) is 31.2 Å². The molecule has 0 bridgehead atoms. The highest BCUT2D eigenvalue weighted by molar-refractivity contribution is 5.83. The van der Waals surface area contributed by atoms with Gasteiger partial charge in [0.2, 0.25) is 0 Å². The summed E-state index contributed by atoms with van der Waals surface area (Å²) in [4.78, 5) is 18.5. The van der Waals surface area contributed by atoms with Gasteiger partial charge in [-0.25, -0.2) is 4.79 Å². The summed E-state index contributed by atoms with van der Waals surface area (Å²) in [7, 11) is 0. The molecule has 158 valence electrons. The van der Waals surface area contributed by atoms with Crippen LogP contribution in [-0.2, 0) is 4.74 Å². The van der Waals surface area contributed by atoms with Gasteiger partial charge in [-0.05, 0) is 58.7 Å². The molecule has 3 aromatic rings. The molecule has 0 atom stereocenters. The number of rotatable bonds is 3. The molecular formula is C22H27N5O3. The van der Waals surface area contributed by atoms with E-state index in [4.69, 9.17) is 9.26 Å². The minimum Gasteiger partial charge on any atom is -0.444 e. The van der Waals surface area contributed by atoms with Gasteiger partial charge >= 0.3 is 6.09 Å². The number of hydrogen-bond donors (Lipinski definition) is 0. The maximum absolute atomic E-state index is 12.2. The number of benzene rings is 1. The second-order valence-corrected chi connectivity index (χ2v) is 8.79. The molecule has 3 heterocycles. The van der Waals surface area contributed by atoms with Crippen molar-refractivity contribution in [1.29, 1.82) is 0 Å². The fourth-order valence-corrected chi connectivity index (χ4v) is 3.42. The summed E-state index contributed by atoms with van der Waals surface area (Å²) in [6.07, 6.45) is 4.17. The molecule has 8 heteroatoms. The lowest BCUT2D eigenvalue weighted by Crippen LogP contribution is -2.39. The highest BCUT2D eigenvalue weighted by Crippen LogP contribution is 2.27. The molecule has 0 fully saturated rings.